The average molecular weight is 493 g/mol. The second-order valence-electron chi connectivity index (χ2n) is 10.5. The normalized spacial score (nSPS) is 14.0. The molecule has 6 nitrogen and oxygen atoms in total. The van der Waals surface area contributed by atoms with Crippen molar-refractivity contribution < 1.29 is 19.2 Å². The summed E-state index contributed by atoms with van der Waals surface area (Å²) in [5, 5.41) is 3.03. The van der Waals surface area contributed by atoms with Gasteiger partial charge in [0.2, 0.25) is 11.8 Å². The SMILES string of the molecule is CCCCCCCC(CCC/C=C/CC(CCC=O)C(=O)N(C)C)C(=O)N[C@@H](CC(C)C)C(C)=O. The van der Waals surface area contributed by atoms with Gasteiger partial charge in [0.1, 0.15) is 6.29 Å². The van der Waals surface area contributed by atoms with E-state index in [0.29, 0.717) is 31.6 Å². The smallest absolute Gasteiger partial charge is 0.225 e. The molecule has 0 aromatic carbocycles. The van der Waals surface area contributed by atoms with Crippen molar-refractivity contribution in [3.63, 3.8) is 0 Å². The number of rotatable bonds is 21. The number of ketones is 1. The standard InChI is InChI=1S/C29H52N2O4/c1-7-8-9-10-13-17-25(28(34)30-27(24(4)33)22-23(2)3)18-14-11-12-15-19-26(20-16-21-32)29(35)31(5)6/h12,15,21,23,25-27H,7-11,13-14,16-20,22H2,1-6H3,(H,30,34)/b15-12+/t25?,26?,27-/m0/s1. The van der Waals surface area contributed by atoms with E-state index in [-0.39, 0.29) is 29.4 Å². The first-order valence-electron chi connectivity index (χ1n) is 13.7. The molecule has 0 bridgehead atoms. The highest BCUT2D eigenvalue weighted by Crippen LogP contribution is 2.20. The molecule has 0 aliphatic rings. The van der Waals surface area contributed by atoms with Crippen molar-refractivity contribution in [2.45, 2.75) is 117 Å². The molecular weight excluding hydrogens is 440 g/mol. The molecule has 1 N–H and O–H groups in total. The van der Waals surface area contributed by atoms with Crippen molar-refractivity contribution >= 4 is 23.9 Å². The zero-order valence-corrected chi connectivity index (χ0v) is 23.3. The number of unbranched alkanes of at least 4 members (excludes halogenated alkanes) is 5. The summed E-state index contributed by atoms with van der Waals surface area (Å²) < 4.78 is 0. The third-order valence-corrected chi connectivity index (χ3v) is 6.47. The molecule has 202 valence electrons. The van der Waals surface area contributed by atoms with Crippen LogP contribution in [0.2, 0.25) is 0 Å². The van der Waals surface area contributed by atoms with Crippen LogP contribution in [0.4, 0.5) is 0 Å². The fourth-order valence-electron chi connectivity index (χ4n) is 4.33. The summed E-state index contributed by atoms with van der Waals surface area (Å²) in [5.74, 6) is 0.186. The Morgan fingerprint density at radius 3 is 2.09 bits per heavy atom. The zero-order valence-electron chi connectivity index (χ0n) is 23.3. The molecule has 35 heavy (non-hydrogen) atoms. The number of hydrogen-bond acceptors (Lipinski definition) is 4. The van der Waals surface area contributed by atoms with E-state index in [4.69, 9.17) is 0 Å². The van der Waals surface area contributed by atoms with E-state index in [9.17, 15) is 19.2 Å². The number of allylic oxidation sites excluding steroid dienone is 2. The lowest BCUT2D eigenvalue weighted by Crippen LogP contribution is -2.43. The molecule has 0 saturated heterocycles. The summed E-state index contributed by atoms with van der Waals surface area (Å²) in [4.78, 5) is 49.7. The zero-order chi connectivity index (χ0) is 26.6. The van der Waals surface area contributed by atoms with Crippen LogP contribution in [0.3, 0.4) is 0 Å². The van der Waals surface area contributed by atoms with Gasteiger partial charge < -0.3 is 15.0 Å². The third kappa shape index (κ3) is 16.3. The fraction of sp³-hybridized carbons (Fsp3) is 0.793. The molecule has 0 aliphatic heterocycles. The Morgan fingerprint density at radius 2 is 1.51 bits per heavy atom. The predicted octanol–water partition coefficient (Wildman–Crippen LogP) is 5.88. The summed E-state index contributed by atoms with van der Waals surface area (Å²) in [6, 6.07) is -0.400. The van der Waals surface area contributed by atoms with Gasteiger partial charge in [-0.2, -0.15) is 0 Å². The fourth-order valence-corrected chi connectivity index (χ4v) is 4.33. The van der Waals surface area contributed by atoms with E-state index in [1.54, 1.807) is 25.9 Å². The number of hydrogen-bond donors (Lipinski definition) is 1. The highest BCUT2D eigenvalue weighted by atomic mass is 16.2. The van der Waals surface area contributed by atoms with Gasteiger partial charge in [-0.3, -0.25) is 14.4 Å². The number of amides is 2. The summed E-state index contributed by atoms with van der Waals surface area (Å²) in [6.45, 7) is 7.88. The molecule has 0 aliphatic carbocycles. The maximum absolute atomic E-state index is 13.1. The topological polar surface area (TPSA) is 83.6 Å². The summed E-state index contributed by atoms with van der Waals surface area (Å²) in [5.41, 5.74) is 0. The van der Waals surface area contributed by atoms with Gasteiger partial charge in [0.25, 0.3) is 0 Å². The Morgan fingerprint density at radius 1 is 0.857 bits per heavy atom. The second-order valence-corrected chi connectivity index (χ2v) is 10.5. The Hall–Kier alpha value is -1.98. The summed E-state index contributed by atoms with van der Waals surface area (Å²) >= 11 is 0. The van der Waals surface area contributed by atoms with E-state index in [1.165, 1.54) is 19.3 Å². The van der Waals surface area contributed by atoms with Crippen LogP contribution in [-0.4, -0.2) is 48.9 Å². The van der Waals surface area contributed by atoms with Gasteiger partial charge >= 0.3 is 0 Å². The largest absolute Gasteiger partial charge is 0.349 e. The summed E-state index contributed by atoms with van der Waals surface area (Å²) in [6.07, 6.45) is 16.4. The van der Waals surface area contributed by atoms with Crippen molar-refractivity contribution in [3.8, 4) is 0 Å². The van der Waals surface area contributed by atoms with Gasteiger partial charge in [0, 0.05) is 32.4 Å². The Labute approximate surface area is 214 Å². The lowest BCUT2D eigenvalue weighted by atomic mass is 9.92. The number of carbonyl (C=O) groups excluding carboxylic acids is 4. The number of nitrogens with one attached hydrogen (secondary N) is 1. The van der Waals surface area contributed by atoms with E-state index in [2.05, 4.69) is 32.2 Å². The minimum Gasteiger partial charge on any atom is -0.349 e. The molecule has 3 atom stereocenters. The van der Waals surface area contributed by atoms with E-state index in [0.717, 1.165) is 44.8 Å². The Balaban J connectivity index is 4.86. The molecule has 0 aromatic heterocycles. The van der Waals surface area contributed by atoms with Crippen LogP contribution >= 0.6 is 0 Å². The minimum atomic E-state index is -0.400. The quantitative estimate of drug-likeness (QED) is 0.123. The summed E-state index contributed by atoms with van der Waals surface area (Å²) in [7, 11) is 3.48. The molecule has 0 heterocycles. The molecule has 0 aromatic rings. The molecule has 0 spiro atoms. The van der Waals surface area contributed by atoms with Crippen molar-refractivity contribution in [2.75, 3.05) is 14.1 Å². The van der Waals surface area contributed by atoms with Crippen LogP contribution in [0.1, 0.15) is 111 Å². The minimum absolute atomic E-state index is 0.0100. The van der Waals surface area contributed by atoms with Crippen molar-refractivity contribution in [1.29, 1.82) is 0 Å². The van der Waals surface area contributed by atoms with E-state index in [1.807, 2.05) is 6.08 Å². The monoisotopic (exact) mass is 492 g/mol. The molecule has 0 radical (unpaired) electrons. The maximum Gasteiger partial charge on any atom is 0.225 e. The van der Waals surface area contributed by atoms with E-state index >= 15 is 0 Å². The van der Waals surface area contributed by atoms with Crippen molar-refractivity contribution in [2.24, 2.45) is 17.8 Å². The molecule has 2 unspecified atom stereocenters. The molecular formula is C29H52N2O4. The van der Waals surface area contributed by atoms with Gasteiger partial charge in [-0.05, 0) is 57.8 Å². The van der Waals surface area contributed by atoms with Crippen LogP contribution in [-0.2, 0) is 19.2 Å². The van der Waals surface area contributed by atoms with Crippen LogP contribution in [0.15, 0.2) is 12.2 Å². The average Bonchev–Trinajstić information content (AvgIpc) is 2.80. The van der Waals surface area contributed by atoms with Gasteiger partial charge in [0.15, 0.2) is 5.78 Å². The van der Waals surface area contributed by atoms with E-state index < -0.39 is 6.04 Å². The van der Waals surface area contributed by atoms with Crippen LogP contribution in [0.25, 0.3) is 0 Å². The molecule has 0 fully saturated rings. The van der Waals surface area contributed by atoms with Crippen LogP contribution < -0.4 is 5.32 Å². The van der Waals surface area contributed by atoms with Gasteiger partial charge in [0.05, 0.1) is 6.04 Å². The number of Topliss-reactive ketones (excluding diaryl/α,β-unsaturated/α-hetero) is 1. The molecule has 0 rings (SSSR count). The van der Waals surface area contributed by atoms with Gasteiger partial charge in [-0.25, -0.2) is 0 Å². The predicted molar refractivity (Wildman–Crippen MR) is 144 cm³/mol. The van der Waals surface area contributed by atoms with Crippen LogP contribution in [0, 0.1) is 17.8 Å². The molecule has 2 amide bonds. The lowest BCUT2D eigenvalue weighted by molar-refractivity contribution is -0.133. The van der Waals surface area contributed by atoms with Gasteiger partial charge in [-0.15, -0.1) is 0 Å². The Kier molecular flexibility index (Phi) is 19.1. The van der Waals surface area contributed by atoms with Crippen LogP contribution in [0.5, 0.6) is 0 Å². The number of nitrogens with zero attached hydrogens (tertiary/aromatic N) is 1. The first-order valence-corrected chi connectivity index (χ1v) is 13.7. The highest BCUT2D eigenvalue weighted by Gasteiger charge is 2.24. The molecule has 0 saturated carbocycles. The highest BCUT2D eigenvalue weighted by molar-refractivity contribution is 5.88. The van der Waals surface area contributed by atoms with Crippen molar-refractivity contribution in [3.05, 3.63) is 12.2 Å². The first-order chi connectivity index (χ1) is 16.6. The first kappa shape index (κ1) is 33.0. The van der Waals surface area contributed by atoms with Gasteiger partial charge in [-0.1, -0.05) is 65.0 Å². The third-order valence-electron chi connectivity index (χ3n) is 6.47. The second kappa shape index (κ2) is 20.2. The molecule has 6 heteroatoms. The maximum atomic E-state index is 13.1. The number of aldehydes is 1. The Bertz CT molecular complexity index is 643. The lowest BCUT2D eigenvalue weighted by Gasteiger charge is -2.22. The number of carbonyl (C=O) groups is 4. The van der Waals surface area contributed by atoms with Crippen molar-refractivity contribution in [1.82, 2.24) is 10.2 Å².